The Balaban J connectivity index is 0.00000441. The standard InChI is InChI=1S/C16H34N4O.HI/c1-16(2,3)14(21-7)11-19-15(17-4)18-10-13(20(5)6)12-8-9-12;/h12-14H,8-11H2,1-7H3,(H2,17,18,19);1H. The van der Waals surface area contributed by atoms with Crippen molar-refractivity contribution >= 4 is 29.9 Å². The number of rotatable bonds is 7. The van der Waals surface area contributed by atoms with Crippen LogP contribution >= 0.6 is 24.0 Å². The van der Waals surface area contributed by atoms with Crippen LogP contribution in [0.2, 0.25) is 0 Å². The van der Waals surface area contributed by atoms with E-state index < -0.39 is 0 Å². The smallest absolute Gasteiger partial charge is 0.191 e. The predicted octanol–water partition coefficient (Wildman–Crippen LogP) is 2.17. The van der Waals surface area contributed by atoms with Crippen LogP contribution in [0.4, 0.5) is 0 Å². The van der Waals surface area contributed by atoms with Gasteiger partial charge >= 0.3 is 0 Å². The number of aliphatic imine (C=N–C) groups is 1. The zero-order valence-electron chi connectivity index (χ0n) is 15.3. The van der Waals surface area contributed by atoms with Crippen LogP contribution < -0.4 is 10.6 Å². The Kier molecular flexibility index (Phi) is 9.89. The van der Waals surface area contributed by atoms with E-state index in [-0.39, 0.29) is 35.5 Å². The van der Waals surface area contributed by atoms with Gasteiger partial charge in [0.1, 0.15) is 0 Å². The molecule has 0 spiro atoms. The van der Waals surface area contributed by atoms with E-state index in [1.54, 1.807) is 7.11 Å². The molecular weight excluding hydrogens is 391 g/mol. The van der Waals surface area contributed by atoms with Crippen LogP contribution in [0.25, 0.3) is 0 Å². The van der Waals surface area contributed by atoms with Gasteiger partial charge in [-0.15, -0.1) is 24.0 Å². The fraction of sp³-hybridized carbons (Fsp3) is 0.938. The first kappa shape index (κ1) is 21.9. The summed E-state index contributed by atoms with van der Waals surface area (Å²) in [5.74, 6) is 1.70. The molecule has 1 aliphatic carbocycles. The summed E-state index contributed by atoms with van der Waals surface area (Å²) in [6.45, 7) is 8.26. The van der Waals surface area contributed by atoms with Crippen molar-refractivity contribution < 1.29 is 4.74 Å². The lowest BCUT2D eigenvalue weighted by Crippen LogP contribution is -2.49. The van der Waals surface area contributed by atoms with Crippen LogP contribution in [0.5, 0.6) is 0 Å². The summed E-state index contributed by atoms with van der Waals surface area (Å²) in [5, 5.41) is 6.82. The van der Waals surface area contributed by atoms with Crippen molar-refractivity contribution in [2.45, 2.75) is 45.8 Å². The molecule has 2 N–H and O–H groups in total. The SMILES string of the molecule is CN=C(NCC(C1CC1)N(C)C)NCC(OC)C(C)(C)C.I. The van der Waals surface area contributed by atoms with Crippen molar-refractivity contribution in [1.29, 1.82) is 0 Å². The van der Waals surface area contributed by atoms with E-state index in [4.69, 9.17) is 4.74 Å². The third kappa shape index (κ3) is 7.46. The van der Waals surface area contributed by atoms with E-state index in [9.17, 15) is 0 Å². The molecule has 0 aromatic rings. The quantitative estimate of drug-likeness (QED) is 0.372. The van der Waals surface area contributed by atoms with Crippen LogP contribution in [0, 0.1) is 11.3 Å². The highest BCUT2D eigenvalue weighted by atomic mass is 127. The lowest BCUT2D eigenvalue weighted by molar-refractivity contribution is 0.0205. The van der Waals surface area contributed by atoms with E-state index in [1.165, 1.54) is 12.8 Å². The molecule has 0 bridgehead atoms. The minimum atomic E-state index is 0. The number of hydrogen-bond donors (Lipinski definition) is 2. The summed E-state index contributed by atoms with van der Waals surface area (Å²) in [5.41, 5.74) is 0.112. The van der Waals surface area contributed by atoms with Crippen molar-refractivity contribution in [3.8, 4) is 0 Å². The average molecular weight is 426 g/mol. The fourth-order valence-corrected chi connectivity index (χ4v) is 2.61. The number of likely N-dealkylation sites (N-methyl/N-ethyl adjacent to an activating group) is 1. The van der Waals surface area contributed by atoms with Gasteiger partial charge in [-0.05, 0) is 38.3 Å². The Morgan fingerprint density at radius 1 is 1.23 bits per heavy atom. The molecule has 0 aliphatic heterocycles. The molecule has 132 valence electrons. The number of hydrogen-bond acceptors (Lipinski definition) is 3. The predicted molar refractivity (Wildman–Crippen MR) is 105 cm³/mol. The number of nitrogens with one attached hydrogen (secondary N) is 2. The van der Waals surface area contributed by atoms with Gasteiger partial charge in [0.2, 0.25) is 0 Å². The molecule has 1 saturated carbocycles. The average Bonchev–Trinajstić information content (AvgIpc) is 3.19. The molecule has 0 aromatic heterocycles. The monoisotopic (exact) mass is 426 g/mol. The largest absolute Gasteiger partial charge is 0.379 e. The third-order valence-corrected chi connectivity index (χ3v) is 4.24. The van der Waals surface area contributed by atoms with E-state index in [0.29, 0.717) is 6.04 Å². The lowest BCUT2D eigenvalue weighted by Gasteiger charge is -2.30. The highest BCUT2D eigenvalue weighted by Crippen LogP contribution is 2.34. The summed E-state index contributed by atoms with van der Waals surface area (Å²) < 4.78 is 5.57. The zero-order chi connectivity index (χ0) is 16.0. The molecular formula is C16H35IN4O. The minimum Gasteiger partial charge on any atom is -0.379 e. The van der Waals surface area contributed by atoms with Crippen molar-refractivity contribution in [2.75, 3.05) is 41.3 Å². The van der Waals surface area contributed by atoms with Crippen LogP contribution in [0.15, 0.2) is 4.99 Å². The van der Waals surface area contributed by atoms with Crippen molar-refractivity contribution in [1.82, 2.24) is 15.5 Å². The van der Waals surface area contributed by atoms with E-state index >= 15 is 0 Å². The van der Waals surface area contributed by atoms with Crippen LogP contribution in [-0.4, -0.2) is 64.3 Å². The van der Waals surface area contributed by atoms with Crippen LogP contribution in [0.3, 0.4) is 0 Å². The van der Waals surface area contributed by atoms with Gasteiger partial charge in [-0.3, -0.25) is 4.99 Å². The van der Waals surface area contributed by atoms with Gasteiger partial charge in [0, 0.05) is 33.3 Å². The maximum atomic E-state index is 5.57. The summed E-state index contributed by atoms with van der Waals surface area (Å²) >= 11 is 0. The lowest BCUT2D eigenvalue weighted by atomic mass is 9.89. The molecule has 6 heteroatoms. The van der Waals surface area contributed by atoms with Gasteiger partial charge in [-0.2, -0.15) is 0 Å². The summed E-state index contributed by atoms with van der Waals surface area (Å²) in [7, 11) is 7.89. The molecule has 0 radical (unpaired) electrons. The molecule has 1 rings (SSSR count). The third-order valence-electron chi connectivity index (χ3n) is 4.24. The highest BCUT2D eigenvalue weighted by molar-refractivity contribution is 14.0. The van der Waals surface area contributed by atoms with Crippen molar-refractivity contribution in [3.05, 3.63) is 0 Å². The van der Waals surface area contributed by atoms with Crippen LogP contribution in [0.1, 0.15) is 33.6 Å². The number of guanidine groups is 1. The van der Waals surface area contributed by atoms with E-state index in [1.807, 2.05) is 7.05 Å². The number of ether oxygens (including phenoxy) is 1. The van der Waals surface area contributed by atoms with E-state index in [0.717, 1.165) is 25.0 Å². The molecule has 5 nitrogen and oxygen atoms in total. The molecule has 2 unspecified atom stereocenters. The van der Waals surface area contributed by atoms with Gasteiger partial charge in [0.05, 0.1) is 6.10 Å². The second-order valence-corrected chi connectivity index (χ2v) is 7.29. The Bertz CT molecular complexity index is 328. The summed E-state index contributed by atoms with van der Waals surface area (Å²) in [6, 6.07) is 0.587. The first-order chi connectivity index (χ1) is 9.79. The molecule has 0 saturated heterocycles. The topological polar surface area (TPSA) is 48.9 Å². The molecule has 1 fully saturated rings. The highest BCUT2D eigenvalue weighted by Gasteiger charge is 2.32. The molecule has 1 aliphatic rings. The van der Waals surface area contributed by atoms with Gasteiger partial charge in [-0.1, -0.05) is 20.8 Å². The normalized spacial score (nSPS) is 18.6. The number of halogens is 1. The summed E-state index contributed by atoms with van der Waals surface area (Å²) in [6.07, 6.45) is 2.86. The molecule has 22 heavy (non-hydrogen) atoms. The fourth-order valence-electron chi connectivity index (χ4n) is 2.61. The Morgan fingerprint density at radius 3 is 2.14 bits per heavy atom. The van der Waals surface area contributed by atoms with Gasteiger partial charge < -0.3 is 20.3 Å². The number of nitrogens with zero attached hydrogens (tertiary/aromatic N) is 2. The first-order valence-electron chi connectivity index (χ1n) is 7.93. The minimum absolute atomic E-state index is 0. The maximum Gasteiger partial charge on any atom is 0.191 e. The molecule has 2 atom stereocenters. The van der Waals surface area contributed by atoms with Gasteiger partial charge in [-0.25, -0.2) is 0 Å². The second kappa shape index (κ2) is 9.93. The second-order valence-electron chi connectivity index (χ2n) is 7.29. The number of methoxy groups -OCH3 is 1. The maximum absolute atomic E-state index is 5.57. The van der Waals surface area contributed by atoms with Crippen molar-refractivity contribution in [3.63, 3.8) is 0 Å². The van der Waals surface area contributed by atoms with Crippen LogP contribution in [-0.2, 0) is 4.74 Å². The van der Waals surface area contributed by atoms with E-state index in [2.05, 4.69) is 55.4 Å². The summed E-state index contributed by atoms with van der Waals surface area (Å²) in [4.78, 5) is 6.62. The Labute approximate surface area is 153 Å². The van der Waals surface area contributed by atoms with Gasteiger partial charge in [0.25, 0.3) is 0 Å². The van der Waals surface area contributed by atoms with Crippen molar-refractivity contribution in [2.24, 2.45) is 16.3 Å². The Hall–Kier alpha value is -0.0800. The first-order valence-corrected chi connectivity index (χ1v) is 7.93. The molecule has 0 amide bonds. The Morgan fingerprint density at radius 2 is 1.77 bits per heavy atom. The zero-order valence-corrected chi connectivity index (χ0v) is 17.6. The molecule has 0 heterocycles. The molecule has 0 aromatic carbocycles. The van der Waals surface area contributed by atoms with Gasteiger partial charge in [0.15, 0.2) is 5.96 Å².